The second-order valence-corrected chi connectivity index (χ2v) is 5.27. The maximum absolute atomic E-state index is 11.6. The van der Waals surface area contributed by atoms with Crippen LogP contribution >= 0.6 is 23.2 Å². The van der Waals surface area contributed by atoms with Crippen LogP contribution in [0.5, 0.6) is 5.75 Å². The monoisotopic (exact) mass is 367 g/mol. The van der Waals surface area contributed by atoms with E-state index in [1.54, 1.807) is 18.2 Å². The Labute approximate surface area is 147 Å². The molecule has 1 amide bonds. The Morgan fingerprint density at radius 1 is 1.25 bits per heavy atom. The number of benzene rings is 2. The van der Waals surface area contributed by atoms with Crippen LogP contribution in [0.25, 0.3) is 0 Å². The van der Waals surface area contributed by atoms with Gasteiger partial charge in [-0.25, -0.2) is 5.43 Å². The third-order valence-electron chi connectivity index (χ3n) is 2.78. The number of amides is 1. The number of carbonyl (C=O) groups excluding carboxylic acids is 1. The standard InChI is InChI=1S/C15H11Cl2N3O4/c16-12-2-1-3-13(15(12)17)24-9-14(21)19-18-8-10-4-6-11(7-5-10)20(22)23/h1-8H,9H2,(H,19,21)/b18-8-. The predicted octanol–water partition coefficient (Wildman–Crippen LogP) is 3.43. The number of nitro groups is 1. The van der Waals surface area contributed by atoms with Crippen LogP contribution in [-0.4, -0.2) is 23.7 Å². The first-order valence-corrected chi connectivity index (χ1v) is 7.36. The van der Waals surface area contributed by atoms with Crippen molar-refractivity contribution in [3.05, 3.63) is 68.2 Å². The van der Waals surface area contributed by atoms with Crippen LogP contribution in [0.15, 0.2) is 47.6 Å². The molecule has 24 heavy (non-hydrogen) atoms. The molecule has 0 spiro atoms. The number of carbonyl (C=O) groups is 1. The summed E-state index contributed by atoms with van der Waals surface area (Å²) in [5.74, 6) is -0.206. The quantitative estimate of drug-likeness (QED) is 0.480. The van der Waals surface area contributed by atoms with E-state index < -0.39 is 10.8 Å². The zero-order valence-corrected chi connectivity index (χ0v) is 13.6. The fourth-order valence-corrected chi connectivity index (χ4v) is 1.98. The summed E-state index contributed by atoms with van der Waals surface area (Å²) in [6, 6.07) is 10.5. The van der Waals surface area contributed by atoms with Crippen molar-refractivity contribution in [3.63, 3.8) is 0 Å². The second kappa shape index (κ2) is 8.28. The average molecular weight is 368 g/mol. The fraction of sp³-hybridized carbons (Fsp3) is 0.0667. The maximum Gasteiger partial charge on any atom is 0.277 e. The van der Waals surface area contributed by atoms with Crippen LogP contribution in [0.2, 0.25) is 10.0 Å². The van der Waals surface area contributed by atoms with Gasteiger partial charge in [0, 0.05) is 12.1 Å². The van der Waals surface area contributed by atoms with E-state index in [9.17, 15) is 14.9 Å². The van der Waals surface area contributed by atoms with Crippen LogP contribution in [0.4, 0.5) is 5.69 Å². The zero-order chi connectivity index (χ0) is 17.5. The smallest absolute Gasteiger partial charge is 0.277 e. The Morgan fingerprint density at radius 2 is 1.96 bits per heavy atom. The molecule has 0 saturated carbocycles. The number of hydrogen-bond acceptors (Lipinski definition) is 5. The molecule has 0 unspecified atom stereocenters. The first-order chi connectivity index (χ1) is 11.5. The molecule has 7 nitrogen and oxygen atoms in total. The third kappa shape index (κ3) is 4.94. The normalized spacial score (nSPS) is 10.6. The van der Waals surface area contributed by atoms with Gasteiger partial charge in [-0.2, -0.15) is 5.10 Å². The van der Waals surface area contributed by atoms with Crippen molar-refractivity contribution in [2.24, 2.45) is 5.10 Å². The van der Waals surface area contributed by atoms with Gasteiger partial charge in [0.1, 0.15) is 10.8 Å². The Balaban J connectivity index is 1.84. The number of nitrogens with one attached hydrogen (secondary N) is 1. The molecule has 124 valence electrons. The van der Waals surface area contributed by atoms with Crippen molar-refractivity contribution in [3.8, 4) is 5.75 Å². The minimum atomic E-state index is -0.499. The van der Waals surface area contributed by atoms with Gasteiger partial charge in [0.2, 0.25) is 0 Å². The molecule has 0 aliphatic heterocycles. The highest BCUT2D eigenvalue weighted by Crippen LogP contribution is 2.31. The molecular formula is C15H11Cl2N3O4. The summed E-state index contributed by atoms with van der Waals surface area (Å²) in [6.07, 6.45) is 1.36. The van der Waals surface area contributed by atoms with Crippen molar-refractivity contribution in [2.75, 3.05) is 6.61 Å². The number of ether oxygens (including phenoxy) is 1. The molecule has 9 heteroatoms. The molecule has 0 radical (unpaired) electrons. The second-order valence-electron chi connectivity index (χ2n) is 4.48. The minimum absolute atomic E-state index is 0.0250. The first kappa shape index (κ1) is 17.7. The van der Waals surface area contributed by atoms with Crippen LogP contribution in [0.1, 0.15) is 5.56 Å². The van der Waals surface area contributed by atoms with Gasteiger partial charge < -0.3 is 4.74 Å². The number of non-ortho nitro benzene ring substituents is 1. The number of nitrogens with zero attached hydrogens (tertiary/aromatic N) is 2. The molecule has 2 rings (SSSR count). The minimum Gasteiger partial charge on any atom is -0.482 e. The van der Waals surface area contributed by atoms with E-state index in [1.807, 2.05) is 0 Å². The van der Waals surface area contributed by atoms with Gasteiger partial charge in [-0.15, -0.1) is 0 Å². The summed E-state index contributed by atoms with van der Waals surface area (Å²) in [7, 11) is 0. The van der Waals surface area contributed by atoms with Crippen molar-refractivity contribution in [1.29, 1.82) is 0 Å². The van der Waals surface area contributed by atoms with Gasteiger partial charge in [0.25, 0.3) is 11.6 Å². The Bertz CT molecular complexity index is 779. The Morgan fingerprint density at radius 3 is 2.62 bits per heavy atom. The van der Waals surface area contributed by atoms with Crippen LogP contribution < -0.4 is 10.2 Å². The number of rotatable bonds is 6. The molecule has 2 aromatic carbocycles. The SMILES string of the molecule is O=C(COc1cccc(Cl)c1Cl)N/N=C\c1ccc([N+](=O)[O-])cc1. The summed E-state index contributed by atoms with van der Waals surface area (Å²) < 4.78 is 5.25. The molecule has 2 aromatic rings. The molecule has 1 N–H and O–H groups in total. The molecule has 0 aromatic heterocycles. The van der Waals surface area contributed by atoms with E-state index in [2.05, 4.69) is 10.5 Å². The molecule has 0 bridgehead atoms. The van der Waals surface area contributed by atoms with E-state index in [1.165, 1.54) is 30.5 Å². The molecule has 0 saturated heterocycles. The van der Waals surface area contributed by atoms with Gasteiger partial charge in [-0.3, -0.25) is 14.9 Å². The van der Waals surface area contributed by atoms with Crippen LogP contribution in [0.3, 0.4) is 0 Å². The van der Waals surface area contributed by atoms with Crippen molar-refractivity contribution < 1.29 is 14.5 Å². The predicted molar refractivity (Wildman–Crippen MR) is 90.8 cm³/mol. The Hall–Kier alpha value is -2.64. The number of hydrogen-bond donors (Lipinski definition) is 1. The third-order valence-corrected chi connectivity index (χ3v) is 3.58. The van der Waals surface area contributed by atoms with E-state index in [0.29, 0.717) is 16.3 Å². The lowest BCUT2D eigenvalue weighted by atomic mass is 10.2. The van der Waals surface area contributed by atoms with Crippen molar-refractivity contribution in [1.82, 2.24) is 5.43 Å². The van der Waals surface area contributed by atoms with Crippen molar-refractivity contribution >= 4 is 41.0 Å². The van der Waals surface area contributed by atoms with Gasteiger partial charge in [-0.05, 0) is 29.8 Å². The lowest BCUT2D eigenvalue weighted by Gasteiger charge is -2.07. The summed E-state index contributed by atoms with van der Waals surface area (Å²) in [6.45, 7) is -0.294. The highest BCUT2D eigenvalue weighted by atomic mass is 35.5. The summed E-state index contributed by atoms with van der Waals surface area (Å²) >= 11 is 11.8. The lowest BCUT2D eigenvalue weighted by molar-refractivity contribution is -0.384. The summed E-state index contributed by atoms with van der Waals surface area (Å²) in [4.78, 5) is 21.7. The molecule has 0 aliphatic carbocycles. The lowest BCUT2D eigenvalue weighted by Crippen LogP contribution is -2.24. The van der Waals surface area contributed by atoms with E-state index in [4.69, 9.17) is 27.9 Å². The highest BCUT2D eigenvalue weighted by molar-refractivity contribution is 6.42. The number of nitro benzene ring substituents is 1. The number of halogens is 2. The van der Waals surface area contributed by atoms with E-state index >= 15 is 0 Å². The van der Waals surface area contributed by atoms with E-state index in [-0.39, 0.29) is 17.3 Å². The molecule has 0 aliphatic rings. The topological polar surface area (TPSA) is 93.8 Å². The molecule has 0 atom stereocenters. The maximum atomic E-state index is 11.6. The largest absolute Gasteiger partial charge is 0.482 e. The summed E-state index contributed by atoms with van der Waals surface area (Å²) in [5.41, 5.74) is 2.84. The summed E-state index contributed by atoms with van der Waals surface area (Å²) in [5, 5.41) is 14.8. The number of hydrazone groups is 1. The van der Waals surface area contributed by atoms with Gasteiger partial charge in [0.05, 0.1) is 16.2 Å². The molecular weight excluding hydrogens is 357 g/mol. The molecule has 0 fully saturated rings. The first-order valence-electron chi connectivity index (χ1n) is 6.60. The highest BCUT2D eigenvalue weighted by Gasteiger charge is 2.08. The molecule has 0 heterocycles. The van der Waals surface area contributed by atoms with Crippen LogP contribution in [0, 0.1) is 10.1 Å². The van der Waals surface area contributed by atoms with Gasteiger partial charge in [-0.1, -0.05) is 29.3 Å². The average Bonchev–Trinajstić information content (AvgIpc) is 2.56. The van der Waals surface area contributed by atoms with Gasteiger partial charge in [0.15, 0.2) is 6.61 Å². The van der Waals surface area contributed by atoms with E-state index in [0.717, 1.165) is 0 Å². The fourth-order valence-electron chi connectivity index (χ4n) is 1.63. The Kier molecular flexibility index (Phi) is 6.11. The van der Waals surface area contributed by atoms with Crippen molar-refractivity contribution in [2.45, 2.75) is 0 Å². The van der Waals surface area contributed by atoms with Gasteiger partial charge >= 0.3 is 0 Å². The zero-order valence-electron chi connectivity index (χ0n) is 12.1. The van der Waals surface area contributed by atoms with Crippen LogP contribution in [-0.2, 0) is 4.79 Å².